The number of esters is 2. The van der Waals surface area contributed by atoms with Gasteiger partial charge in [-0.2, -0.15) is 0 Å². The molecule has 37 heavy (non-hydrogen) atoms. The van der Waals surface area contributed by atoms with Gasteiger partial charge in [0.2, 0.25) is 0 Å². The second-order valence-electron chi connectivity index (χ2n) is 11.3. The van der Waals surface area contributed by atoms with Crippen LogP contribution in [-0.4, -0.2) is 49.6 Å². The summed E-state index contributed by atoms with van der Waals surface area (Å²) in [5.74, 6) is -0.398. The Kier molecular flexibility index (Phi) is 13.4. The summed E-state index contributed by atoms with van der Waals surface area (Å²) in [4.78, 5) is 24.2. The van der Waals surface area contributed by atoms with Crippen LogP contribution >= 0.6 is 0 Å². The van der Waals surface area contributed by atoms with E-state index < -0.39 is 17.4 Å². The first-order valence-electron chi connectivity index (χ1n) is 13.9. The van der Waals surface area contributed by atoms with Crippen molar-refractivity contribution < 1.29 is 28.9 Å². The number of carbonyl (C=O) groups excluding carboxylic acids is 2. The van der Waals surface area contributed by atoms with Crippen LogP contribution in [0.25, 0.3) is 0 Å². The Bertz CT molecular complexity index is 836. The van der Waals surface area contributed by atoms with E-state index in [0.717, 1.165) is 37.4 Å². The molecule has 1 aliphatic rings. The maximum absolute atomic E-state index is 12.3. The van der Waals surface area contributed by atoms with Gasteiger partial charge in [-0.25, -0.2) is 4.79 Å². The molecule has 1 heterocycles. The number of hydrogen-bond acceptors (Lipinski definition) is 6. The zero-order valence-electron chi connectivity index (χ0n) is 23.4. The summed E-state index contributed by atoms with van der Waals surface area (Å²) in [6.07, 6.45) is 10.6. The third-order valence-electron chi connectivity index (χ3n) is 7.18. The molecule has 1 saturated heterocycles. The molecule has 0 spiro atoms. The molecule has 2 rings (SSSR count). The molecule has 3 unspecified atom stereocenters. The van der Waals surface area contributed by atoms with Crippen LogP contribution in [0, 0.1) is 17.3 Å². The summed E-state index contributed by atoms with van der Waals surface area (Å²) in [5, 5.41) is 9.42. The van der Waals surface area contributed by atoms with Crippen molar-refractivity contribution in [2.45, 2.75) is 91.6 Å². The van der Waals surface area contributed by atoms with Crippen LogP contribution in [0.4, 0.5) is 0 Å². The smallest absolute Gasteiger partial charge is 0.333 e. The fourth-order valence-electron chi connectivity index (χ4n) is 4.44. The van der Waals surface area contributed by atoms with Crippen molar-refractivity contribution >= 4 is 11.9 Å². The molecule has 1 N–H and O–H groups in total. The van der Waals surface area contributed by atoms with Gasteiger partial charge in [-0.15, -0.1) is 0 Å². The minimum absolute atomic E-state index is 0.103. The summed E-state index contributed by atoms with van der Waals surface area (Å²) in [7, 11) is 0. The van der Waals surface area contributed by atoms with Crippen molar-refractivity contribution in [3.05, 3.63) is 47.5 Å². The minimum Gasteiger partial charge on any atom is -0.465 e. The van der Waals surface area contributed by atoms with E-state index in [0.29, 0.717) is 18.1 Å². The molecule has 6 nitrogen and oxygen atoms in total. The maximum Gasteiger partial charge on any atom is 0.333 e. The molecule has 1 aromatic rings. The lowest BCUT2D eigenvalue weighted by atomic mass is 9.91. The number of aliphatic hydroxyl groups excluding tert-OH is 1. The van der Waals surface area contributed by atoms with Gasteiger partial charge in [0.25, 0.3) is 0 Å². The molecule has 0 radical (unpaired) electrons. The van der Waals surface area contributed by atoms with Gasteiger partial charge in [0.15, 0.2) is 0 Å². The molecule has 0 bridgehead atoms. The molecular formula is C31H48O6. The Labute approximate surface area is 223 Å². The number of benzene rings is 1. The van der Waals surface area contributed by atoms with E-state index in [9.17, 15) is 14.7 Å². The van der Waals surface area contributed by atoms with Gasteiger partial charge in [-0.05, 0) is 76.3 Å². The number of hydrogen-bond donors (Lipinski definition) is 1. The van der Waals surface area contributed by atoms with Crippen molar-refractivity contribution in [2.75, 3.05) is 26.4 Å². The molecule has 0 aromatic heterocycles. The van der Waals surface area contributed by atoms with Crippen LogP contribution in [0.15, 0.2) is 36.4 Å². The quantitative estimate of drug-likeness (QED) is 0.169. The molecule has 0 aliphatic carbocycles. The molecule has 0 saturated carbocycles. The van der Waals surface area contributed by atoms with Gasteiger partial charge in [0.1, 0.15) is 0 Å². The average molecular weight is 517 g/mol. The first-order chi connectivity index (χ1) is 17.6. The summed E-state index contributed by atoms with van der Waals surface area (Å²) in [6, 6.07) is 8.47. The van der Waals surface area contributed by atoms with Crippen LogP contribution in [0.3, 0.4) is 0 Å². The van der Waals surface area contributed by atoms with Crippen LogP contribution in [0.1, 0.15) is 83.8 Å². The highest BCUT2D eigenvalue weighted by atomic mass is 16.5. The van der Waals surface area contributed by atoms with Gasteiger partial charge in [0.05, 0.1) is 31.3 Å². The topological polar surface area (TPSA) is 82.1 Å². The normalized spacial score (nSPS) is 18.7. The zero-order valence-corrected chi connectivity index (χ0v) is 23.4. The molecule has 6 heteroatoms. The van der Waals surface area contributed by atoms with Gasteiger partial charge >= 0.3 is 11.9 Å². The highest BCUT2D eigenvalue weighted by molar-refractivity contribution is 5.86. The Morgan fingerprint density at radius 1 is 1.08 bits per heavy atom. The predicted octanol–water partition coefficient (Wildman–Crippen LogP) is 5.83. The second-order valence-corrected chi connectivity index (χ2v) is 11.3. The Hall–Kier alpha value is -2.18. The standard InChI is InChI=1S/C31H48O6/c1-6-7-8-9-26-15-17-28(35-19-26)16-14-24-10-12-25(13-11-24)18-27(20-36-29(33)23(2)3)21-37-30(34)31(4,5)22-32/h10-13,26-28,32H,2,6-9,14-22H2,1,3-5H3. The monoisotopic (exact) mass is 516 g/mol. The fraction of sp³-hybridized carbons (Fsp3) is 0.677. The summed E-state index contributed by atoms with van der Waals surface area (Å²) in [5.41, 5.74) is 1.72. The van der Waals surface area contributed by atoms with Crippen molar-refractivity contribution in [3.8, 4) is 0 Å². The lowest BCUT2D eigenvalue weighted by molar-refractivity contribution is -0.158. The van der Waals surface area contributed by atoms with E-state index in [1.807, 2.05) is 0 Å². The SMILES string of the molecule is C=C(C)C(=O)OCC(COC(=O)C(C)(C)CO)Cc1ccc(CCC2CCC(CCCCC)CO2)cc1. The van der Waals surface area contributed by atoms with E-state index in [1.165, 1.54) is 37.7 Å². The fourth-order valence-corrected chi connectivity index (χ4v) is 4.44. The van der Waals surface area contributed by atoms with Crippen molar-refractivity contribution in [1.82, 2.24) is 0 Å². The van der Waals surface area contributed by atoms with Gasteiger partial charge in [0, 0.05) is 18.1 Å². The van der Waals surface area contributed by atoms with E-state index in [1.54, 1.807) is 20.8 Å². The Balaban J connectivity index is 1.84. The first-order valence-corrected chi connectivity index (χ1v) is 13.9. The van der Waals surface area contributed by atoms with Gasteiger partial charge in [-0.1, -0.05) is 57.0 Å². The summed E-state index contributed by atoms with van der Waals surface area (Å²) in [6.45, 7) is 11.6. The van der Waals surface area contributed by atoms with Gasteiger partial charge in [-0.3, -0.25) is 4.79 Å². The average Bonchev–Trinajstić information content (AvgIpc) is 2.90. The molecule has 1 fully saturated rings. The van der Waals surface area contributed by atoms with Crippen molar-refractivity contribution in [3.63, 3.8) is 0 Å². The molecule has 0 amide bonds. The second kappa shape index (κ2) is 15.9. The predicted molar refractivity (Wildman–Crippen MR) is 146 cm³/mol. The zero-order chi connectivity index (χ0) is 27.3. The largest absolute Gasteiger partial charge is 0.465 e. The number of carbonyl (C=O) groups is 2. The number of ether oxygens (including phenoxy) is 3. The van der Waals surface area contributed by atoms with E-state index >= 15 is 0 Å². The summed E-state index contributed by atoms with van der Waals surface area (Å²) < 4.78 is 17.0. The van der Waals surface area contributed by atoms with E-state index in [2.05, 4.69) is 37.8 Å². The number of aliphatic hydroxyl groups is 1. The lowest BCUT2D eigenvalue weighted by Gasteiger charge is -2.29. The van der Waals surface area contributed by atoms with Crippen LogP contribution < -0.4 is 0 Å². The van der Waals surface area contributed by atoms with E-state index in [4.69, 9.17) is 14.2 Å². The third-order valence-corrected chi connectivity index (χ3v) is 7.18. The lowest BCUT2D eigenvalue weighted by Crippen LogP contribution is -2.32. The number of rotatable bonds is 16. The molecule has 1 aromatic carbocycles. The Morgan fingerprint density at radius 3 is 2.35 bits per heavy atom. The number of unbranched alkanes of at least 4 members (excludes halogenated alkanes) is 2. The highest BCUT2D eigenvalue weighted by Crippen LogP contribution is 2.26. The number of aryl methyl sites for hydroxylation is 1. The van der Waals surface area contributed by atoms with Crippen molar-refractivity contribution in [2.24, 2.45) is 17.3 Å². The van der Waals surface area contributed by atoms with Crippen molar-refractivity contribution in [1.29, 1.82) is 0 Å². The molecule has 3 atom stereocenters. The molecule has 208 valence electrons. The van der Waals surface area contributed by atoms with Crippen LogP contribution in [0.5, 0.6) is 0 Å². The molecular weight excluding hydrogens is 468 g/mol. The van der Waals surface area contributed by atoms with Crippen LogP contribution in [0.2, 0.25) is 0 Å². The minimum atomic E-state index is -0.974. The third kappa shape index (κ3) is 11.4. The Morgan fingerprint density at radius 2 is 1.76 bits per heavy atom. The highest BCUT2D eigenvalue weighted by Gasteiger charge is 2.29. The van der Waals surface area contributed by atoms with E-state index in [-0.39, 0.29) is 25.7 Å². The van der Waals surface area contributed by atoms with Gasteiger partial charge < -0.3 is 19.3 Å². The maximum atomic E-state index is 12.3. The first kappa shape index (κ1) is 31.0. The molecule has 1 aliphatic heterocycles. The van der Waals surface area contributed by atoms with Crippen LogP contribution in [-0.2, 0) is 36.6 Å². The summed E-state index contributed by atoms with van der Waals surface area (Å²) >= 11 is 0.